The van der Waals surface area contributed by atoms with Gasteiger partial charge in [-0.25, -0.2) is 0 Å². The summed E-state index contributed by atoms with van der Waals surface area (Å²) >= 11 is 0. The van der Waals surface area contributed by atoms with Crippen LogP contribution in [0.5, 0.6) is 0 Å². The number of H-pyrrole nitrogens is 1. The summed E-state index contributed by atoms with van der Waals surface area (Å²) < 4.78 is 50.4. The number of amides is 1. The summed E-state index contributed by atoms with van der Waals surface area (Å²) in [5.74, 6) is -5.26. The Labute approximate surface area is 193 Å². The molecule has 2 atom stereocenters. The van der Waals surface area contributed by atoms with Crippen LogP contribution in [0.2, 0.25) is 0 Å². The molecule has 0 aliphatic carbocycles. The molecule has 11 heteroatoms. The minimum Gasteiger partial charge on any atom is -0.465 e. The maximum atomic E-state index is 13.5. The monoisotopic (exact) mass is 479 g/mol. The van der Waals surface area contributed by atoms with Crippen LogP contribution in [0.25, 0.3) is 10.9 Å². The Kier molecular flexibility index (Phi) is 7.49. The van der Waals surface area contributed by atoms with Crippen molar-refractivity contribution in [3.63, 3.8) is 0 Å². The topological polar surface area (TPSA) is 112 Å². The van der Waals surface area contributed by atoms with Crippen LogP contribution in [-0.4, -0.2) is 53.2 Å². The SMILES string of the molecule is CCOC(=O)C(CC[C@H]1c2[nH]c3ccccc3c2C[C@@H](C#N)N1C(=O)C(F)(F)F)C(=O)OCC. The quantitative estimate of drug-likeness (QED) is 0.480. The van der Waals surface area contributed by atoms with E-state index in [2.05, 4.69) is 4.98 Å². The van der Waals surface area contributed by atoms with E-state index in [1.165, 1.54) is 0 Å². The fourth-order valence-electron chi connectivity index (χ4n) is 4.34. The molecular formula is C23H24F3N3O5. The van der Waals surface area contributed by atoms with Gasteiger partial charge in [-0.15, -0.1) is 0 Å². The molecule has 1 N–H and O–H groups in total. The lowest BCUT2D eigenvalue weighted by molar-refractivity contribution is -0.190. The van der Waals surface area contributed by atoms with E-state index >= 15 is 0 Å². The average Bonchev–Trinajstić information content (AvgIpc) is 3.16. The molecule has 1 aromatic heterocycles. The van der Waals surface area contributed by atoms with Gasteiger partial charge in [-0.1, -0.05) is 18.2 Å². The summed E-state index contributed by atoms with van der Waals surface area (Å²) in [5.41, 5.74) is 1.61. The molecule has 0 radical (unpaired) electrons. The van der Waals surface area contributed by atoms with Crippen LogP contribution in [0.3, 0.4) is 0 Å². The number of aromatic amines is 1. The molecule has 3 rings (SSSR count). The lowest BCUT2D eigenvalue weighted by Gasteiger charge is -2.39. The van der Waals surface area contributed by atoms with Crippen LogP contribution >= 0.6 is 0 Å². The van der Waals surface area contributed by atoms with Gasteiger partial charge in [0.25, 0.3) is 0 Å². The Bertz CT molecular complexity index is 1100. The van der Waals surface area contributed by atoms with E-state index in [9.17, 15) is 32.8 Å². The normalized spacial score (nSPS) is 17.9. The highest BCUT2D eigenvalue weighted by Gasteiger charge is 2.50. The summed E-state index contributed by atoms with van der Waals surface area (Å²) in [5, 5.41) is 10.4. The molecule has 0 fully saturated rings. The number of halogens is 3. The van der Waals surface area contributed by atoms with Gasteiger partial charge >= 0.3 is 24.0 Å². The predicted octanol–water partition coefficient (Wildman–Crippen LogP) is 3.57. The Balaban J connectivity index is 2.05. The molecule has 182 valence electrons. The molecule has 1 aromatic carbocycles. The maximum Gasteiger partial charge on any atom is 0.471 e. The zero-order chi connectivity index (χ0) is 25.0. The van der Waals surface area contributed by atoms with Gasteiger partial charge < -0.3 is 19.4 Å². The van der Waals surface area contributed by atoms with Crippen molar-refractivity contribution >= 4 is 28.7 Å². The number of nitriles is 1. The molecule has 0 unspecified atom stereocenters. The van der Waals surface area contributed by atoms with Crippen molar-refractivity contribution in [3.05, 3.63) is 35.5 Å². The number of nitrogens with zero attached hydrogens (tertiary/aromatic N) is 2. The maximum absolute atomic E-state index is 13.5. The number of hydrogen-bond donors (Lipinski definition) is 1. The van der Waals surface area contributed by atoms with Crippen LogP contribution < -0.4 is 0 Å². The highest BCUT2D eigenvalue weighted by atomic mass is 19.4. The molecule has 8 nitrogen and oxygen atoms in total. The fraction of sp³-hybridized carbons (Fsp3) is 0.478. The molecule has 1 amide bonds. The first-order valence-corrected chi connectivity index (χ1v) is 10.9. The molecule has 1 aliphatic heterocycles. The molecule has 0 saturated carbocycles. The smallest absolute Gasteiger partial charge is 0.465 e. The van der Waals surface area contributed by atoms with E-state index in [-0.39, 0.29) is 32.5 Å². The third-order valence-electron chi connectivity index (χ3n) is 5.75. The van der Waals surface area contributed by atoms with Crippen molar-refractivity contribution in [2.75, 3.05) is 13.2 Å². The minimum absolute atomic E-state index is 0.000472. The third-order valence-corrected chi connectivity index (χ3v) is 5.75. The number of esters is 2. The first-order chi connectivity index (χ1) is 16.1. The van der Waals surface area contributed by atoms with Crippen LogP contribution in [0.1, 0.15) is 44.0 Å². The zero-order valence-electron chi connectivity index (χ0n) is 18.6. The highest BCUT2D eigenvalue weighted by Crippen LogP contribution is 2.42. The lowest BCUT2D eigenvalue weighted by Crippen LogP contribution is -2.51. The van der Waals surface area contributed by atoms with Gasteiger partial charge in [-0.2, -0.15) is 18.4 Å². The second-order valence-corrected chi connectivity index (χ2v) is 7.77. The number of carbonyl (C=O) groups is 3. The van der Waals surface area contributed by atoms with Crippen molar-refractivity contribution < 1.29 is 37.0 Å². The van der Waals surface area contributed by atoms with Gasteiger partial charge in [0.05, 0.1) is 25.3 Å². The summed E-state index contributed by atoms with van der Waals surface area (Å²) in [6.45, 7) is 3.11. The van der Waals surface area contributed by atoms with Crippen LogP contribution in [0, 0.1) is 17.2 Å². The van der Waals surface area contributed by atoms with Crippen molar-refractivity contribution in [2.24, 2.45) is 5.92 Å². The van der Waals surface area contributed by atoms with E-state index in [4.69, 9.17) is 9.47 Å². The van der Waals surface area contributed by atoms with Gasteiger partial charge in [0.15, 0.2) is 5.92 Å². The standard InChI is InChI=1S/C23H24F3N3O5/c1-3-33-20(30)15(21(31)34-4-2)9-10-18-19-16(14-7-5-6-8-17(14)28-19)11-13(12-27)29(18)22(32)23(24,25)26/h5-8,13,15,18,28H,3-4,9-11H2,1-2H3/t13-,18-/m0/s1. The van der Waals surface area contributed by atoms with Gasteiger partial charge in [-0.3, -0.25) is 14.4 Å². The number of para-hydroxylation sites is 1. The molecule has 0 spiro atoms. The van der Waals surface area contributed by atoms with Gasteiger partial charge in [-0.05, 0) is 38.3 Å². The third kappa shape index (κ3) is 4.85. The number of fused-ring (bicyclic) bond motifs is 3. The zero-order valence-corrected chi connectivity index (χ0v) is 18.6. The molecular weight excluding hydrogens is 455 g/mol. The van der Waals surface area contributed by atoms with Gasteiger partial charge in [0.2, 0.25) is 0 Å². The Morgan fingerprint density at radius 3 is 2.35 bits per heavy atom. The number of rotatable bonds is 7. The van der Waals surface area contributed by atoms with Gasteiger partial charge in [0.1, 0.15) is 6.04 Å². The van der Waals surface area contributed by atoms with Crippen molar-refractivity contribution in [1.29, 1.82) is 5.26 Å². The Hall–Kier alpha value is -3.55. The van der Waals surface area contributed by atoms with E-state index in [0.717, 1.165) is 5.39 Å². The van der Waals surface area contributed by atoms with E-state index < -0.39 is 42.0 Å². The second-order valence-electron chi connectivity index (χ2n) is 7.77. The summed E-state index contributed by atoms with van der Waals surface area (Å²) in [4.78, 5) is 40.7. The van der Waals surface area contributed by atoms with Crippen LogP contribution in [0.15, 0.2) is 24.3 Å². The first-order valence-electron chi connectivity index (χ1n) is 10.9. The van der Waals surface area contributed by atoms with Crippen molar-refractivity contribution in [3.8, 4) is 6.07 Å². The lowest BCUT2D eigenvalue weighted by atomic mass is 9.88. The van der Waals surface area contributed by atoms with E-state index in [1.807, 2.05) is 6.07 Å². The molecule has 1 aliphatic rings. The van der Waals surface area contributed by atoms with Crippen LogP contribution in [0.4, 0.5) is 13.2 Å². The summed E-state index contributed by atoms with van der Waals surface area (Å²) in [6.07, 6.45) is -5.75. The van der Waals surface area contributed by atoms with Crippen molar-refractivity contribution in [1.82, 2.24) is 9.88 Å². The number of benzene rings is 1. The van der Waals surface area contributed by atoms with Crippen molar-refractivity contribution in [2.45, 2.75) is 51.4 Å². The van der Waals surface area contributed by atoms with Gasteiger partial charge in [0, 0.05) is 23.0 Å². The Morgan fingerprint density at radius 2 is 1.79 bits per heavy atom. The predicted molar refractivity (Wildman–Crippen MR) is 113 cm³/mol. The van der Waals surface area contributed by atoms with E-state index in [0.29, 0.717) is 21.7 Å². The van der Waals surface area contributed by atoms with Crippen LogP contribution in [-0.2, 0) is 30.3 Å². The largest absolute Gasteiger partial charge is 0.471 e. The number of ether oxygens (including phenoxy) is 2. The number of hydrogen-bond acceptors (Lipinski definition) is 6. The molecule has 2 aromatic rings. The fourth-order valence-corrected chi connectivity index (χ4v) is 4.34. The number of carbonyl (C=O) groups excluding carboxylic acids is 3. The number of alkyl halides is 3. The first kappa shape index (κ1) is 25.1. The minimum atomic E-state index is -5.21. The molecule has 34 heavy (non-hydrogen) atoms. The average molecular weight is 479 g/mol. The molecule has 0 saturated heterocycles. The molecule has 0 bridgehead atoms. The second kappa shape index (κ2) is 10.2. The molecule has 2 heterocycles. The highest BCUT2D eigenvalue weighted by molar-refractivity contribution is 5.95. The Morgan fingerprint density at radius 1 is 1.18 bits per heavy atom. The summed E-state index contributed by atoms with van der Waals surface area (Å²) in [6, 6.07) is 6.24. The number of nitrogens with one attached hydrogen (secondary N) is 1. The number of aromatic nitrogens is 1. The summed E-state index contributed by atoms with van der Waals surface area (Å²) in [7, 11) is 0. The van der Waals surface area contributed by atoms with E-state index in [1.54, 1.807) is 38.1 Å².